The number of amides is 1. The van der Waals surface area contributed by atoms with Crippen molar-refractivity contribution in [1.82, 2.24) is 9.88 Å². The molecule has 1 saturated carbocycles. The Morgan fingerprint density at radius 3 is 2.67 bits per heavy atom. The Morgan fingerprint density at radius 1 is 1.33 bits per heavy atom. The van der Waals surface area contributed by atoms with Crippen molar-refractivity contribution in [2.24, 2.45) is 0 Å². The number of carbonyl (C=O) groups excluding carboxylic acids is 1. The number of aromatic nitrogens is 1. The van der Waals surface area contributed by atoms with Crippen molar-refractivity contribution in [1.29, 1.82) is 0 Å². The number of para-hydroxylation sites is 2. The van der Waals surface area contributed by atoms with Crippen LogP contribution in [0.2, 0.25) is 0 Å². The zero-order chi connectivity index (χ0) is 15.0. The van der Waals surface area contributed by atoms with Crippen molar-refractivity contribution in [2.45, 2.75) is 31.3 Å². The van der Waals surface area contributed by atoms with Gasteiger partial charge in [-0.15, -0.1) is 0 Å². The van der Waals surface area contributed by atoms with Crippen LogP contribution in [0.3, 0.4) is 0 Å². The van der Waals surface area contributed by atoms with E-state index in [2.05, 4.69) is 5.32 Å². The van der Waals surface area contributed by atoms with Crippen molar-refractivity contribution in [3.63, 3.8) is 0 Å². The highest BCUT2D eigenvalue weighted by atomic mass is 16.4. The molecule has 0 aliphatic heterocycles. The van der Waals surface area contributed by atoms with E-state index < -0.39 is 23.2 Å². The molecule has 7 heteroatoms. The molecule has 2 aromatic rings. The van der Waals surface area contributed by atoms with E-state index in [4.69, 9.17) is 4.42 Å². The van der Waals surface area contributed by atoms with E-state index in [0.717, 1.165) is 6.42 Å². The van der Waals surface area contributed by atoms with Gasteiger partial charge in [0, 0.05) is 0 Å². The fourth-order valence-electron chi connectivity index (χ4n) is 2.54. The zero-order valence-electron chi connectivity index (χ0n) is 11.2. The van der Waals surface area contributed by atoms with Gasteiger partial charge in [-0.3, -0.25) is 9.36 Å². The number of carboxylic acid groups (broad SMARTS) is 1. The zero-order valence-corrected chi connectivity index (χ0v) is 11.2. The Balaban J connectivity index is 1.82. The lowest BCUT2D eigenvalue weighted by atomic mass is 9.77. The second-order valence-electron chi connectivity index (χ2n) is 5.21. The number of aliphatic carboxylic acids is 1. The fraction of sp³-hybridized carbons (Fsp3) is 0.357. The number of nitrogens with zero attached hydrogens (tertiary/aromatic N) is 1. The van der Waals surface area contributed by atoms with Crippen molar-refractivity contribution in [3.8, 4) is 0 Å². The monoisotopic (exact) mass is 290 g/mol. The first-order chi connectivity index (χ1) is 10.0. The number of carboxylic acids is 1. The molecule has 21 heavy (non-hydrogen) atoms. The van der Waals surface area contributed by atoms with E-state index >= 15 is 0 Å². The maximum absolute atomic E-state index is 12.0. The minimum atomic E-state index is -1.18. The summed E-state index contributed by atoms with van der Waals surface area (Å²) >= 11 is 0. The summed E-state index contributed by atoms with van der Waals surface area (Å²) in [6.07, 6.45) is 1.59. The molecule has 0 bridgehead atoms. The molecule has 1 aliphatic carbocycles. The number of oxazole rings is 1. The quantitative estimate of drug-likeness (QED) is 0.863. The van der Waals surface area contributed by atoms with Gasteiger partial charge in [-0.25, -0.2) is 9.59 Å². The van der Waals surface area contributed by atoms with Gasteiger partial charge in [0.1, 0.15) is 12.1 Å². The normalized spacial score (nSPS) is 16.4. The molecule has 2 N–H and O–H groups in total. The molecule has 1 heterocycles. The van der Waals surface area contributed by atoms with Crippen LogP contribution in [0.1, 0.15) is 19.3 Å². The molecule has 3 rings (SSSR count). The third-order valence-corrected chi connectivity index (χ3v) is 3.87. The number of benzene rings is 1. The van der Waals surface area contributed by atoms with Crippen molar-refractivity contribution in [2.75, 3.05) is 0 Å². The van der Waals surface area contributed by atoms with Gasteiger partial charge in [-0.05, 0) is 31.4 Å². The Kier molecular flexibility index (Phi) is 3.04. The third-order valence-electron chi connectivity index (χ3n) is 3.87. The lowest BCUT2D eigenvalue weighted by Gasteiger charge is -2.38. The minimum absolute atomic E-state index is 0.259. The molecule has 0 unspecified atom stereocenters. The molecule has 1 aromatic carbocycles. The molecule has 0 radical (unpaired) electrons. The topological polar surface area (TPSA) is 102 Å². The molecule has 1 aliphatic rings. The molecule has 1 amide bonds. The largest absolute Gasteiger partial charge is 0.480 e. The number of hydrogen-bond acceptors (Lipinski definition) is 4. The average molecular weight is 290 g/mol. The van der Waals surface area contributed by atoms with Gasteiger partial charge in [0.15, 0.2) is 5.58 Å². The van der Waals surface area contributed by atoms with Crippen molar-refractivity contribution < 1.29 is 19.1 Å². The molecule has 0 spiro atoms. The summed E-state index contributed by atoms with van der Waals surface area (Å²) in [5, 5.41) is 11.7. The van der Waals surface area contributed by atoms with Gasteiger partial charge in [0.25, 0.3) is 0 Å². The van der Waals surface area contributed by atoms with Crippen LogP contribution in [0.5, 0.6) is 0 Å². The van der Waals surface area contributed by atoms with E-state index in [-0.39, 0.29) is 6.54 Å². The average Bonchev–Trinajstić information content (AvgIpc) is 2.70. The molecule has 0 saturated heterocycles. The first-order valence-electron chi connectivity index (χ1n) is 6.65. The highest BCUT2D eigenvalue weighted by molar-refractivity contribution is 5.88. The summed E-state index contributed by atoms with van der Waals surface area (Å²) in [4.78, 5) is 35.0. The number of carbonyl (C=O) groups is 2. The minimum Gasteiger partial charge on any atom is -0.480 e. The lowest BCUT2D eigenvalue weighted by Crippen LogP contribution is -2.59. The SMILES string of the molecule is O=C(Cn1c(=O)oc2ccccc21)NC1(C(=O)O)CCC1. The predicted octanol–water partition coefficient (Wildman–Crippen LogP) is 0.718. The maximum atomic E-state index is 12.0. The number of rotatable bonds is 4. The predicted molar refractivity (Wildman–Crippen MR) is 72.8 cm³/mol. The highest BCUT2D eigenvalue weighted by Gasteiger charge is 2.45. The van der Waals surface area contributed by atoms with Crippen molar-refractivity contribution in [3.05, 3.63) is 34.8 Å². The Hall–Kier alpha value is -2.57. The van der Waals surface area contributed by atoms with E-state index in [9.17, 15) is 19.5 Å². The molecule has 1 fully saturated rings. The van der Waals surface area contributed by atoms with E-state index in [1.165, 1.54) is 4.57 Å². The Bertz CT molecular complexity index is 769. The summed E-state index contributed by atoms with van der Waals surface area (Å²) in [5.41, 5.74) is -0.275. The summed E-state index contributed by atoms with van der Waals surface area (Å²) in [7, 11) is 0. The second-order valence-corrected chi connectivity index (χ2v) is 5.21. The number of nitrogens with one attached hydrogen (secondary N) is 1. The molecule has 0 atom stereocenters. The van der Waals surface area contributed by atoms with Crippen LogP contribution in [0.15, 0.2) is 33.5 Å². The summed E-state index contributed by atoms with van der Waals surface area (Å²) in [6, 6.07) is 6.76. The second kappa shape index (κ2) is 4.76. The van der Waals surface area contributed by atoms with E-state index in [1.54, 1.807) is 24.3 Å². The van der Waals surface area contributed by atoms with Gasteiger partial charge in [-0.2, -0.15) is 0 Å². The third kappa shape index (κ3) is 2.20. The first kappa shape index (κ1) is 13.4. The van der Waals surface area contributed by atoms with Crippen LogP contribution < -0.4 is 11.1 Å². The van der Waals surface area contributed by atoms with E-state index in [0.29, 0.717) is 23.9 Å². The lowest BCUT2D eigenvalue weighted by molar-refractivity contribution is -0.151. The first-order valence-corrected chi connectivity index (χ1v) is 6.65. The van der Waals surface area contributed by atoms with E-state index in [1.807, 2.05) is 0 Å². The molecule has 1 aromatic heterocycles. The van der Waals surface area contributed by atoms with Crippen LogP contribution >= 0.6 is 0 Å². The smallest absolute Gasteiger partial charge is 0.420 e. The molecule has 7 nitrogen and oxygen atoms in total. The van der Waals surface area contributed by atoms with Crippen LogP contribution in [-0.4, -0.2) is 27.1 Å². The van der Waals surface area contributed by atoms with Crippen LogP contribution in [-0.2, 0) is 16.1 Å². The van der Waals surface area contributed by atoms with Gasteiger partial charge in [-0.1, -0.05) is 12.1 Å². The molecular weight excluding hydrogens is 276 g/mol. The van der Waals surface area contributed by atoms with Gasteiger partial charge >= 0.3 is 11.7 Å². The van der Waals surface area contributed by atoms with Gasteiger partial charge in [0.05, 0.1) is 5.52 Å². The number of fused-ring (bicyclic) bond motifs is 1. The number of hydrogen-bond donors (Lipinski definition) is 2. The highest BCUT2D eigenvalue weighted by Crippen LogP contribution is 2.32. The fourth-order valence-corrected chi connectivity index (χ4v) is 2.54. The van der Waals surface area contributed by atoms with Gasteiger partial charge in [0.2, 0.25) is 5.91 Å². The van der Waals surface area contributed by atoms with Gasteiger partial charge < -0.3 is 14.8 Å². The molecular formula is C14H14N2O5. The summed E-state index contributed by atoms with van der Waals surface area (Å²) in [6.45, 7) is -0.259. The Labute approximate surface area is 119 Å². The van der Waals surface area contributed by atoms with Crippen LogP contribution in [0.4, 0.5) is 0 Å². The molecule has 110 valence electrons. The summed E-state index contributed by atoms with van der Waals surface area (Å²) < 4.78 is 6.22. The summed E-state index contributed by atoms with van der Waals surface area (Å²) in [5.74, 6) is -2.18. The Morgan fingerprint density at radius 2 is 2.05 bits per heavy atom. The standard InChI is InChI=1S/C14H14N2O5/c17-11(15-14(12(18)19)6-3-7-14)8-16-9-4-1-2-5-10(9)21-13(16)20/h1-2,4-5H,3,6-8H2,(H,15,17)(H,18,19). The van der Waals surface area contributed by atoms with Crippen molar-refractivity contribution >= 4 is 23.0 Å². The van der Waals surface area contributed by atoms with Crippen LogP contribution in [0.25, 0.3) is 11.1 Å². The maximum Gasteiger partial charge on any atom is 0.420 e. The van der Waals surface area contributed by atoms with Crippen LogP contribution in [0, 0.1) is 0 Å².